The number of amides is 1. The smallest absolute Gasteiger partial charge is 0.257 e. The normalized spacial score (nSPS) is 16.4. The summed E-state index contributed by atoms with van der Waals surface area (Å²) < 4.78 is 27.0. The van der Waals surface area contributed by atoms with Crippen LogP contribution in [0.1, 0.15) is 23.5 Å². The van der Waals surface area contributed by atoms with Crippen molar-refractivity contribution in [2.45, 2.75) is 17.5 Å². The number of hydrogen-bond acceptors (Lipinski definition) is 4. The molecule has 2 aromatic rings. The van der Waals surface area contributed by atoms with Crippen LogP contribution in [0.25, 0.3) is 0 Å². The number of aromatic amines is 1. The first-order chi connectivity index (χ1) is 11.5. The second-order valence-electron chi connectivity index (χ2n) is 5.24. The number of hydrogen-bond donors (Lipinski definition) is 2. The maximum atomic E-state index is 13.5. The highest BCUT2D eigenvalue weighted by Crippen LogP contribution is 2.34. The van der Waals surface area contributed by atoms with Gasteiger partial charge in [0.2, 0.25) is 5.91 Å². The molecular formula is C16H13F2N3O2S. The molecule has 8 heteroatoms. The number of thioether (sulfide) groups is 1. The van der Waals surface area contributed by atoms with Crippen molar-refractivity contribution in [2.24, 2.45) is 0 Å². The molecular weight excluding hydrogens is 336 g/mol. The largest absolute Gasteiger partial charge is 0.310 e. The molecule has 1 amide bonds. The minimum Gasteiger partial charge on any atom is -0.310 e. The Morgan fingerprint density at radius 2 is 2.00 bits per heavy atom. The van der Waals surface area contributed by atoms with E-state index in [4.69, 9.17) is 0 Å². The van der Waals surface area contributed by atoms with Gasteiger partial charge in [-0.25, -0.2) is 13.8 Å². The Morgan fingerprint density at radius 3 is 2.67 bits per heavy atom. The summed E-state index contributed by atoms with van der Waals surface area (Å²) in [5.41, 5.74) is -0.0221. The van der Waals surface area contributed by atoms with Gasteiger partial charge < -0.3 is 10.3 Å². The van der Waals surface area contributed by atoms with Crippen molar-refractivity contribution in [3.05, 3.63) is 64.0 Å². The molecule has 0 saturated carbocycles. The van der Waals surface area contributed by atoms with Crippen molar-refractivity contribution in [3.8, 4) is 0 Å². The number of carbonyl (C=O) groups excluding carboxylic acids is 1. The third kappa shape index (κ3) is 3.23. The third-order valence-corrected chi connectivity index (χ3v) is 4.42. The molecule has 3 rings (SSSR count). The first-order valence-electron chi connectivity index (χ1n) is 7.11. The van der Waals surface area contributed by atoms with Crippen molar-refractivity contribution in [1.29, 1.82) is 0 Å². The SMILES string of the molecule is C=CCSc1nc2c(c(=O)[nH]1)[C@H](c1cc(F)cc(F)c1)CC(=O)N2. The first-order valence-corrected chi connectivity index (χ1v) is 8.10. The predicted molar refractivity (Wildman–Crippen MR) is 87.2 cm³/mol. The van der Waals surface area contributed by atoms with Crippen LogP contribution < -0.4 is 10.9 Å². The zero-order valence-corrected chi connectivity index (χ0v) is 13.3. The van der Waals surface area contributed by atoms with Crippen LogP contribution in [-0.2, 0) is 4.79 Å². The highest BCUT2D eigenvalue weighted by Gasteiger charge is 2.31. The van der Waals surface area contributed by atoms with Crippen LogP contribution in [0.3, 0.4) is 0 Å². The summed E-state index contributed by atoms with van der Waals surface area (Å²) in [6.07, 6.45) is 1.57. The van der Waals surface area contributed by atoms with Gasteiger partial charge >= 0.3 is 0 Å². The van der Waals surface area contributed by atoms with Crippen molar-refractivity contribution in [3.63, 3.8) is 0 Å². The van der Waals surface area contributed by atoms with E-state index >= 15 is 0 Å². The molecule has 0 unspecified atom stereocenters. The molecule has 1 aromatic carbocycles. The summed E-state index contributed by atoms with van der Waals surface area (Å²) in [4.78, 5) is 31.2. The lowest BCUT2D eigenvalue weighted by Crippen LogP contribution is -2.31. The van der Waals surface area contributed by atoms with E-state index in [1.54, 1.807) is 6.08 Å². The Labute approximate surface area is 140 Å². The maximum Gasteiger partial charge on any atom is 0.257 e. The Bertz CT molecular complexity index is 862. The van der Waals surface area contributed by atoms with Gasteiger partial charge in [-0.1, -0.05) is 17.8 Å². The van der Waals surface area contributed by atoms with Crippen molar-refractivity contribution in [2.75, 3.05) is 11.1 Å². The molecule has 24 heavy (non-hydrogen) atoms. The molecule has 0 spiro atoms. The van der Waals surface area contributed by atoms with Gasteiger partial charge in [-0.2, -0.15) is 0 Å². The van der Waals surface area contributed by atoms with E-state index in [9.17, 15) is 18.4 Å². The van der Waals surface area contributed by atoms with Gasteiger partial charge in [0.1, 0.15) is 17.5 Å². The Kier molecular flexibility index (Phi) is 4.48. The first kappa shape index (κ1) is 16.4. The van der Waals surface area contributed by atoms with E-state index in [0.717, 1.165) is 18.2 Å². The lowest BCUT2D eigenvalue weighted by molar-refractivity contribution is -0.116. The fraction of sp³-hybridized carbons (Fsp3) is 0.188. The minimum absolute atomic E-state index is 0.0835. The number of nitrogens with zero attached hydrogens (tertiary/aromatic N) is 1. The van der Waals surface area contributed by atoms with Crippen LogP contribution in [0.15, 0.2) is 40.8 Å². The second-order valence-corrected chi connectivity index (χ2v) is 6.25. The van der Waals surface area contributed by atoms with Gasteiger partial charge in [0, 0.05) is 24.2 Å². The molecule has 2 heterocycles. The molecule has 2 N–H and O–H groups in total. The van der Waals surface area contributed by atoms with E-state index in [1.807, 2.05) is 0 Å². The van der Waals surface area contributed by atoms with Gasteiger partial charge in [-0.15, -0.1) is 6.58 Å². The highest BCUT2D eigenvalue weighted by atomic mass is 32.2. The van der Waals surface area contributed by atoms with E-state index < -0.39 is 23.1 Å². The number of H-pyrrole nitrogens is 1. The summed E-state index contributed by atoms with van der Waals surface area (Å²) in [5, 5.41) is 2.89. The average molecular weight is 349 g/mol. The van der Waals surface area contributed by atoms with Crippen molar-refractivity contribution >= 4 is 23.5 Å². The quantitative estimate of drug-likeness (QED) is 0.506. The number of anilines is 1. The monoisotopic (exact) mass is 349 g/mol. The maximum absolute atomic E-state index is 13.5. The van der Waals surface area contributed by atoms with Crippen LogP contribution in [0.4, 0.5) is 14.6 Å². The summed E-state index contributed by atoms with van der Waals surface area (Å²) >= 11 is 1.25. The third-order valence-electron chi connectivity index (χ3n) is 3.55. The average Bonchev–Trinajstić information content (AvgIpc) is 2.50. The molecule has 1 atom stereocenters. The number of fused-ring (bicyclic) bond motifs is 1. The van der Waals surface area contributed by atoms with E-state index in [0.29, 0.717) is 10.9 Å². The number of benzene rings is 1. The molecule has 0 bridgehead atoms. The van der Waals surface area contributed by atoms with Gasteiger partial charge in [-0.05, 0) is 17.7 Å². The number of aromatic nitrogens is 2. The summed E-state index contributed by atoms with van der Waals surface area (Å²) in [6.45, 7) is 3.58. The molecule has 0 radical (unpaired) electrons. The highest BCUT2D eigenvalue weighted by molar-refractivity contribution is 7.99. The Hall–Kier alpha value is -2.48. The second kappa shape index (κ2) is 6.56. The molecule has 1 aliphatic rings. The standard InChI is InChI=1S/C16H13F2N3O2S/c1-2-3-24-16-20-14-13(15(23)21-16)11(7-12(22)19-14)8-4-9(17)6-10(18)5-8/h2,4-6,11H,1,3,7H2,(H2,19,20,21,22,23)/t11-/m0/s1. The van der Waals surface area contributed by atoms with Crippen LogP contribution >= 0.6 is 11.8 Å². The predicted octanol–water partition coefficient (Wildman–Crippen LogP) is 2.80. The summed E-state index contributed by atoms with van der Waals surface area (Å²) in [6, 6.07) is 2.98. The van der Waals surface area contributed by atoms with Crippen LogP contribution in [0.2, 0.25) is 0 Å². The number of nitrogens with one attached hydrogen (secondary N) is 2. The van der Waals surface area contributed by atoms with Gasteiger partial charge in [-0.3, -0.25) is 9.59 Å². The van der Waals surface area contributed by atoms with Gasteiger partial charge in [0.15, 0.2) is 5.16 Å². The molecule has 0 saturated heterocycles. The van der Waals surface area contributed by atoms with Crippen LogP contribution in [0, 0.1) is 11.6 Å². The number of halogens is 2. The summed E-state index contributed by atoms with van der Waals surface area (Å²) in [7, 11) is 0. The van der Waals surface area contributed by atoms with Gasteiger partial charge in [0.25, 0.3) is 5.56 Å². The van der Waals surface area contributed by atoms with Crippen molar-refractivity contribution < 1.29 is 13.6 Å². The van der Waals surface area contributed by atoms with Gasteiger partial charge in [0.05, 0.1) is 5.56 Å². The lowest BCUT2D eigenvalue weighted by atomic mass is 9.87. The lowest BCUT2D eigenvalue weighted by Gasteiger charge is -2.24. The van der Waals surface area contributed by atoms with Crippen LogP contribution in [-0.4, -0.2) is 21.6 Å². The number of rotatable bonds is 4. The fourth-order valence-electron chi connectivity index (χ4n) is 2.62. The Morgan fingerprint density at radius 1 is 1.29 bits per heavy atom. The molecule has 5 nitrogen and oxygen atoms in total. The van der Waals surface area contributed by atoms with E-state index in [1.165, 1.54) is 11.8 Å². The molecule has 1 aliphatic heterocycles. The summed E-state index contributed by atoms with van der Waals surface area (Å²) in [5.74, 6) is -1.99. The topological polar surface area (TPSA) is 74.8 Å². The zero-order chi connectivity index (χ0) is 17.3. The molecule has 0 fully saturated rings. The number of carbonyl (C=O) groups is 1. The molecule has 1 aromatic heterocycles. The van der Waals surface area contributed by atoms with E-state index in [2.05, 4.69) is 21.9 Å². The minimum atomic E-state index is -0.764. The van der Waals surface area contributed by atoms with E-state index in [-0.39, 0.29) is 29.3 Å². The zero-order valence-electron chi connectivity index (χ0n) is 12.4. The molecule has 124 valence electrons. The van der Waals surface area contributed by atoms with Crippen LogP contribution in [0.5, 0.6) is 0 Å². The fourth-order valence-corrected chi connectivity index (χ4v) is 3.21. The Balaban J connectivity index is 2.10. The van der Waals surface area contributed by atoms with Crippen molar-refractivity contribution in [1.82, 2.24) is 9.97 Å². The molecule has 0 aliphatic carbocycles.